The normalized spacial score (nSPS) is 10.8. The number of carbonyl (C=O) groups is 1. The lowest BCUT2D eigenvalue weighted by Crippen LogP contribution is -2.26. The van der Waals surface area contributed by atoms with Gasteiger partial charge in [-0.15, -0.1) is 0 Å². The van der Waals surface area contributed by atoms with Gasteiger partial charge in [0.05, 0.1) is 5.56 Å². The smallest absolute Gasteiger partial charge is 0.254 e. The van der Waals surface area contributed by atoms with E-state index in [4.69, 9.17) is 0 Å². The Hall–Kier alpha value is -1.42. The molecule has 0 bridgehead atoms. The van der Waals surface area contributed by atoms with E-state index in [2.05, 4.69) is 24.1 Å². The molecule has 0 heterocycles. The molecule has 1 amide bonds. The van der Waals surface area contributed by atoms with E-state index in [1.54, 1.807) is 12.1 Å². The summed E-state index contributed by atoms with van der Waals surface area (Å²) in [6.45, 7) is 8.21. The SMILES string of the molecule is CCN(CC)CCCCCNC(=O)c1ccccc1F. The molecule has 1 N–H and O–H groups in total. The van der Waals surface area contributed by atoms with Crippen molar-refractivity contribution in [1.82, 2.24) is 10.2 Å². The fourth-order valence-electron chi connectivity index (χ4n) is 2.12. The van der Waals surface area contributed by atoms with Crippen LogP contribution in [0.25, 0.3) is 0 Å². The highest BCUT2D eigenvalue weighted by molar-refractivity contribution is 5.94. The van der Waals surface area contributed by atoms with Crippen molar-refractivity contribution in [1.29, 1.82) is 0 Å². The molecule has 3 nitrogen and oxygen atoms in total. The molecule has 0 aliphatic heterocycles. The van der Waals surface area contributed by atoms with Crippen molar-refractivity contribution in [3.05, 3.63) is 35.6 Å². The number of halogens is 1. The van der Waals surface area contributed by atoms with Crippen LogP contribution in [0.1, 0.15) is 43.5 Å². The van der Waals surface area contributed by atoms with Crippen LogP contribution < -0.4 is 5.32 Å². The van der Waals surface area contributed by atoms with Crippen LogP contribution in [0.5, 0.6) is 0 Å². The molecule has 0 saturated carbocycles. The zero-order valence-electron chi connectivity index (χ0n) is 12.5. The van der Waals surface area contributed by atoms with Gasteiger partial charge < -0.3 is 10.2 Å². The third-order valence-corrected chi connectivity index (χ3v) is 3.45. The van der Waals surface area contributed by atoms with E-state index < -0.39 is 5.82 Å². The summed E-state index contributed by atoms with van der Waals surface area (Å²) in [5.74, 6) is -0.793. The van der Waals surface area contributed by atoms with Crippen LogP contribution in [0.2, 0.25) is 0 Å². The lowest BCUT2D eigenvalue weighted by Gasteiger charge is -2.17. The summed E-state index contributed by atoms with van der Waals surface area (Å²) in [7, 11) is 0. The van der Waals surface area contributed by atoms with Gasteiger partial charge in [0.1, 0.15) is 5.82 Å². The Kier molecular flexibility index (Phi) is 7.88. The molecule has 1 aromatic carbocycles. The molecule has 0 fully saturated rings. The number of rotatable bonds is 9. The first-order valence-corrected chi connectivity index (χ1v) is 7.44. The first kappa shape index (κ1) is 16.6. The van der Waals surface area contributed by atoms with Gasteiger partial charge in [-0.25, -0.2) is 4.39 Å². The second-order valence-corrected chi connectivity index (χ2v) is 4.82. The minimum Gasteiger partial charge on any atom is -0.352 e. The summed E-state index contributed by atoms with van der Waals surface area (Å²) in [5, 5.41) is 2.76. The monoisotopic (exact) mass is 280 g/mol. The Morgan fingerprint density at radius 2 is 1.85 bits per heavy atom. The van der Waals surface area contributed by atoms with Crippen LogP contribution in [-0.4, -0.2) is 37.0 Å². The predicted octanol–water partition coefficient (Wildman–Crippen LogP) is 3.07. The standard InChI is InChI=1S/C16H25FN2O/c1-3-19(4-2)13-9-5-8-12-18-16(20)14-10-6-7-11-15(14)17/h6-7,10-11H,3-5,8-9,12-13H2,1-2H3,(H,18,20). The number of hydrogen-bond acceptors (Lipinski definition) is 2. The Balaban J connectivity index is 2.16. The van der Waals surface area contributed by atoms with Gasteiger partial charge in [-0.1, -0.05) is 32.4 Å². The third kappa shape index (κ3) is 5.70. The van der Waals surface area contributed by atoms with E-state index in [1.165, 1.54) is 12.1 Å². The number of nitrogens with one attached hydrogen (secondary N) is 1. The average Bonchev–Trinajstić information content (AvgIpc) is 2.47. The molecular formula is C16H25FN2O. The third-order valence-electron chi connectivity index (χ3n) is 3.45. The number of amides is 1. The second kappa shape index (κ2) is 9.48. The first-order valence-electron chi connectivity index (χ1n) is 7.44. The van der Waals surface area contributed by atoms with Crippen molar-refractivity contribution in [3.8, 4) is 0 Å². The molecule has 0 aromatic heterocycles. The lowest BCUT2D eigenvalue weighted by molar-refractivity contribution is 0.0949. The zero-order valence-corrected chi connectivity index (χ0v) is 12.5. The zero-order chi connectivity index (χ0) is 14.8. The number of unbranched alkanes of at least 4 members (excludes halogenated alkanes) is 2. The predicted molar refractivity (Wildman–Crippen MR) is 80.4 cm³/mol. The Bertz CT molecular complexity index is 405. The van der Waals surface area contributed by atoms with Crippen molar-refractivity contribution in [3.63, 3.8) is 0 Å². The fraction of sp³-hybridized carbons (Fsp3) is 0.562. The molecule has 1 aromatic rings. The topological polar surface area (TPSA) is 32.3 Å². The van der Waals surface area contributed by atoms with Gasteiger partial charge >= 0.3 is 0 Å². The average molecular weight is 280 g/mol. The maximum Gasteiger partial charge on any atom is 0.254 e. The minimum atomic E-state index is -0.466. The Labute approximate surface area is 121 Å². The molecule has 20 heavy (non-hydrogen) atoms. The van der Waals surface area contributed by atoms with Crippen LogP contribution in [0.4, 0.5) is 4.39 Å². The van der Waals surface area contributed by atoms with Crippen LogP contribution in [0.3, 0.4) is 0 Å². The molecule has 0 aliphatic rings. The van der Waals surface area contributed by atoms with E-state index in [-0.39, 0.29) is 11.5 Å². The molecule has 1 rings (SSSR count). The maximum atomic E-state index is 13.4. The van der Waals surface area contributed by atoms with Gasteiger partial charge in [0, 0.05) is 6.54 Å². The van der Waals surface area contributed by atoms with Crippen molar-refractivity contribution in [2.24, 2.45) is 0 Å². The number of nitrogens with zero attached hydrogens (tertiary/aromatic N) is 1. The fourth-order valence-corrected chi connectivity index (χ4v) is 2.12. The van der Waals surface area contributed by atoms with Gasteiger partial charge in [0.15, 0.2) is 0 Å². The molecular weight excluding hydrogens is 255 g/mol. The second-order valence-electron chi connectivity index (χ2n) is 4.82. The molecule has 0 radical (unpaired) electrons. The van der Waals surface area contributed by atoms with E-state index in [9.17, 15) is 9.18 Å². The lowest BCUT2D eigenvalue weighted by atomic mass is 10.2. The molecule has 112 valence electrons. The van der Waals surface area contributed by atoms with Gasteiger partial charge in [-0.05, 0) is 44.6 Å². The van der Waals surface area contributed by atoms with E-state index in [0.29, 0.717) is 6.54 Å². The quantitative estimate of drug-likeness (QED) is 0.705. The summed E-state index contributed by atoms with van der Waals surface area (Å²) < 4.78 is 13.4. The van der Waals surface area contributed by atoms with Gasteiger partial charge in [-0.3, -0.25) is 4.79 Å². The summed E-state index contributed by atoms with van der Waals surface area (Å²) in [5.41, 5.74) is 0.121. The summed E-state index contributed by atoms with van der Waals surface area (Å²) in [6.07, 6.45) is 3.15. The highest BCUT2D eigenvalue weighted by Crippen LogP contribution is 2.06. The highest BCUT2D eigenvalue weighted by Gasteiger charge is 2.09. The molecule has 0 unspecified atom stereocenters. The van der Waals surface area contributed by atoms with Crippen LogP contribution in [-0.2, 0) is 0 Å². The number of benzene rings is 1. The van der Waals surface area contributed by atoms with Gasteiger partial charge in [0.2, 0.25) is 0 Å². The molecule has 4 heteroatoms. The van der Waals surface area contributed by atoms with Crippen molar-refractivity contribution < 1.29 is 9.18 Å². The van der Waals surface area contributed by atoms with Crippen LogP contribution >= 0.6 is 0 Å². The summed E-state index contributed by atoms with van der Waals surface area (Å²) in [4.78, 5) is 14.1. The minimum absolute atomic E-state index is 0.121. The highest BCUT2D eigenvalue weighted by atomic mass is 19.1. The van der Waals surface area contributed by atoms with Crippen LogP contribution in [0.15, 0.2) is 24.3 Å². The number of carbonyl (C=O) groups excluding carboxylic acids is 1. The molecule has 0 spiro atoms. The summed E-state index contributed by atoms with van der Waals surface area (Å²) >= 11 is 0. The Morgan fingerprint density at radius 1 is 1.15 bits per heavy atom. The molecule has 0 atom stereocenters. The van der Waals surface area contributed by atoms with Crippen molar-refractivity contribution in [2.45, 2.75) is 33.1 Å². The van der Waals surface area contributed by atoms with Crippen LogP contribution in [0, 0.1) is 5.82 Å². The summed E-state index contributed by atoms with van der Waals surface area (Å²) in [6, 6.07) is 6.06. The molecule has 0 saturated heterocycles. The Morgan fingerprint density at radius 3 is 2.50 bits per heavy atom. The van der Waals surface area contributed by atoms with E-state index in [1.807, 2.05) is 0 Å². The van der Waals surface area contributed by atoms with Crippen molar-refractivity contribution in [2.75, 3.05) is 26.2 Å². The van der Waals surface area contributed by atoms with E-state index >= 15 is 0 Å². The van der Waals surface area contributed by atoms with Gasteiger partial charge in [0.25, 0.3) is 5.91 Å². The number of hydrogen-bond donors (Lipinski definition) is 1. The largest absolute Gasteiger partial charge is 0.352 e. The van der Waals surface area contributed by atoms with E-state index in [0.717, 1.165) is 38.9 Å². The first-order chi connectivity index (χ1) is 9.69. The van der Waals surface area contributed by atoms with Gasteiger partial charge in [-0.2, -0.15) is 0 Å². The van der Waals surface area contributed by atoms with Crippen molar-refractivity contribution >= 4 is 5.91 Å². The maximum absolute atomic E-state index is 13.4. The molecule has 0 aliphatic carbocycles.